The second-order valence-electron chi connectivity index (χ2n) is 14.3. The van der Waals surface area contributed by atoms with Crippen molar-refractivity contribution in [1.29, 1.82) is 0 Å². The lowest BCUT2D eigenvalue weighted by atomic mass is 9.82. The molecule has 4 nitrogen and oxygen atoms in total. The largest absolute Gasteiger partial charge is 0.465 e. The van der Waals surface area contributed by atoms with Gasteiger partial charge in [-0.1, -0.05) is 93.9 Å². The molecule has 212 valence electrons. The molecule has 0 aromatic heterocycles. The number of hydrogen-bond donors (Lipinski definition) is 0. The van der Waals surface area contributed by atoms with Crippen LogP contribution in [0.25, 0.3) is 0 Å². The van der Waals surface area contributed by atoms with E-state index in [1.807, 2.05) is 0 Å². The van der Waals surface area contributed by atoms with Crippen LogP contribution in [0.5, 0.6) is 0 Å². The molecule has 0 N–H and O–H groups in total. The van der Waals surface area contributed by atoms with E-state index in [2.05, 4.69) is 55.4 Å². The van der Waals surface area contributed by atoms with Gasteiger partial charge in [0.25, 0.3) is 0 Å². The van der Waals surface area contributed by atoms with Crippen molar-refractivity contribution in [1.82, 2.24) is 0 Å². The minimum absolute atomic E-state index is 0.0454. The van der Waals surface area contributed by atoms with E-state index < -0.39 is 0 Å². The van der Waals surface area contributed by atoms with E-state index >= 15 is 0 Å². The van der Waals surface area contributed by atoms with Crippen LogP contribution in [-0.2, 0) is 19.1 Å². The number of carbonyl (C=O) groups excluding carboxylic acids is 2. The van der Waals surface area contributed by atoms with Gasteiger partial charge in [-0.2, -0.15) is 0 Å². The Morgan fingerprint density at radius 3 is 1.25 bits per heavy atom. The summed E-state index contributed by atoms with van der Waals surface area (Å²) in [5, 5.41) is 0. The zero-order valence-corrected chi connectivity index (χ0v) is 25.3. The Hall–Kier alpha value is -1.06. The zero-order chi connectivity index (χ0) is 27.2. The highest BCUT2D eigenvalue weighted by molar-refractivity contribution is 5.75. The maximum Gasteiger partial charge on any atom is 0.308 e. The van der Waals surface area contributed by atoms with E-state index in [9.17, 15) is 9.59 Å². The topological polar surface area (TPSA) is 52.6 Å². The van der Waals surface area contributed by atoms with Gasteiger partial charge in [0.1, 0.15) is 0 Å². The van der Waals surface area contributed by atoms with Crippen LogP contribution in [0, 0.1) is 34.5 Å². The van der Waals surface area contributed by atoms with E-state index in [-0.39, 0.29) is 23.8 Å². The lowest BCUT2D eigenvalue weighted by Crippen LogP contribution is -2.28. The Morgan fingerprint density at radius 2 is 0.944 bits per heavy atom. The van der Waals surface area contributed by atoms with Crippen molar-refractivity contribution in [3.8, 4) is 0 Å². The predicted octanol–water partition coefficient (Wildman–Crippen LogP) is 9.14. The third-order valence-electron chi connectivity index (χ3n) is 7.49. The molecular formula is C32H60O4. The number of ether oxygens (including phenoxy) is 2. The fourth-order valence-electron chi connectivity index (χ4n) is 5.98. The van der Waals surface area contributed by atoms with Crippen molar-refractivity contribution in [3.05, 3.63) is 0 Å². The Kier molecular flexibility index (Phi) is 15.3. The summed E-state index contributed by atoms with van der Waals surface area (Å²) >= 11 is 0. The highest BCUT2D eigenvalue weighted by atomic mass is 16.5. The van der Waals surface area contributed by atoms with Crippen molar-refractivity contribution in [2.75, 3.05) is 13.2 Å². The SMILES string of the molecule is CC(CCCCCOC(=O)C1CCC(C(=O)OCCCCCC(C)CC(C)(C)C)CC1)CC(C)(C)C. The van der Waals surface area contributed by atoms with Gasteiger partial charge in [-0.25, -0.2) is 0 Å². The number of carbonyl (C=O) groups is 2. The summed E-state index contributed by atoms with van der Waals surface area (Å²) in [5.74, 6) is 1.28. The Morgan fingerprint density at radius 1 is 0.611 bits per heavy atom. The minimum Gasteiger partial charge on any atom is -0.465 e. The number of unbranched alkanes of at least 4 members (excludes halogenated alkanes) is 4. The van der Waals surface area contributed by atoms with Gasteiger partial charge in [-0.3, -0.25) is 9.59 Å². The molecule has 1 fully saturated rings. The Bertz CT molecular complexity index is 551. The van der Waals surface area contributed by atoms with Crippen LogP contribution < -0.4 is 0 Å². The normalized spacial score (nSPS) is 20.6. The lowest BCUT2D eigenvalue weighted by Gasteiger charge is -2.26. The summed E-state index contributed by atoms with van der Waals surface area (Å²) in [6.07, 6.45) is 14.6. The molecule has 1 rings (SSSR count). The van der Waals surface area contributed by atoms with E-state index in [0.29, 0.717) is 24.0 Å². The van der Waals surface area contributed by atoms with Gasteiger partial charge in [0, 0.05) is 0 Å². The zero-order valence-electron chi connectivity index (χ0n) is 25.3. The van der Waals surface area contributed by atoms with Gasteiger partial charge >= 0.3 is 11.9 Å². The molecule has 36 heavy (non-hydrogen) atoms. The maximum atomic E-state index is 12.4. The van der Waals surface area contributed by atoms with Crippen LogP contribution in [0.1, 0.15) is 145 Å². The van der Waals surface area contributed by atoms with E-state index in [1.54, 1.807) is 0 Å². The van der Waals surface area contributed by atoms with Crippen molar-refractivity contribution < 1.29 is 19.1 Å². The summed E-state index contributed by atoms with van der Waals surface area (Å²) in [5.41, 5.74) is 0.796. The summed E-state index contributed by atoms with van der Waals surface area (Å²) in [4.78, 5) is 24.9. The van der Waals surface area contributed by atoms with Crippen molar-refractivity contribution in [3.63, 3.8) is 0 Å². The number of rotatable bonds is 16. The van der Waals surface area contributed by atoms with Gasteiger partial charge in [0.05, 0.1) is 25.0 Å². The van der Waals surface area contributed by atoms with Crippen LogP contribution >= 0.6 is 0 Å². The molecule has 0 saturated heterocycles. The van der Waals surface area contributed by atoms with Crippen LogP contribution in [0.4, 0.5) is 0 Å². The monoisotopic (exact) mass is 508 g/mol. The van der Waals surface area contributed by atoms with E-state index in [4.69, 9.17) is 9.47 Å². The molecule has 0 aromatic carbocycles. The van der Waals surface area contributed by atoms with E-state index in [1.165, 1.54) is 38.5 Å². The highest BCUT2D eigenvalue weighted by Crippen LogP contribution is 2.31. The standard InChI is InChI=1S/C32H60O4/c1-25(23-31(3,4)5)15-11-9-13-21-35-29(33)27-17-19-28(20-18-27)30(34)36-22-14-10-12-16-26(2)24-32(6,7)8/h25-28H,9-24H2,1-8H3. The van der Waals surface area contributed by atoms with Gasteiger partial charge in [-0.15, -0.1) is 0 Å². The van der Waals surface area contributed by atoms with Gasteiger partial charge < -0.3 is 9.47 Å². The average Bonchev–Trinajstić information content (AvgIpc) is 2.75. The van der Waals surface area contributed by atoms with Crippen molar-refractivity contribution in [2.24, 2.45) is 34.5 Å². The molecule has 1 aliphatic carbocycles. The molecule has 0 heterocycles. The molecule has 0 aliphatic heterocycles. The van der Waals surface area contributed by atoms with Gasteiger partial charge in [0.2, 0.25) is 0 Å². The van der Waals surface area contributed by atoms with Crippen LogP contribution in [0.3, 0.4) is 0 Å². The molecule has 1 saturated carbocycles. The minimum atomic E-state index is -0.0661. The fourth-order valence-corrected chi connectivity index (χ4v) is 5.98. The Labute approximate surface area is 224 Å². The third kappa shape index (κ3) is 16.6. The first kappa shape index (κ1) is 33.0. The van der Waals surface area contributed by atoms with Crippen molar-refractivity contribution >= 4 is 11.9 Å². The molecule has 0 aromatic rings. The van der Waals surface area contributed by atoms with Crippen LogP contribution in [0.15, 0.2) is 0 Å². The summed E-state index contributed by atoms with van der Waals surface area (Å²) < 4.78 is 11.1. The summed E-state index contributed by atoms with van der Waals surface area (Å²) in [6, 6.07) is 0. The molecular weight excluding hydrogens is 448 g/mol. The first-order valence-corrected chi connectivity index (χ1v) is 15.1. The molecule has 1 aliphatic rings. The highest BCUT2D eigenvalue weighted by Gasteiger charge is 2.31. The predicted molar refractivity (Wildman–Crippen MR) is 151 cm³/mol. The van der Waals surface area contributed by atoms with Crippen LogP contribution in [0.2, 0.25) is 0 Å². The molecule has 2 unspecified atom stereocenters. The fraction of sp³-hybridized carbons (Fsp3) is 0.938. The number of hydrogen-bond acceptors (Lipinski definition) is 4. The van der Waals surface area contributed by atoms with E-state index in [0.717, 1.165) is 63.2 Å². The average molecular weight is 509 g/mol. The third-order valence-corrected chi connectivity index (χ3v) is 7.49. The molecule has 0 bridgehead atoms. The Balaban J connectivity index is 2.06. The summed E-state index contributed by atoms with van der Waals surface area (Å²) in [7, 11) is 0. The van der Waals surface area contributed by atoms with Gasteiger partial charge in [-0.05, 0) is 74.0 Å². The molecule has 2 atom stereocenters. The molecule has 0 amide bonds. The molecule has 4 heteroatoms. The maximum absolute atomic E-state index is 12.4. The molecule has 0 radical (unpaired) electrons. The smallest absolute Gasteiger partial charge is 0.308 e. The van der Waals surface area contributed by atoms with Crippen LogP contribution in [-0.4, -0.2) is 25.2 Å². The second kappa shape index (κ2) is 16.7. The second-order valence-corrected chi connectivity index (χ2v) is 14.3. The quantitative estimate of drug-likeness (QED) is 0.154. The summed E-state index contributed by atoms with van der Waals surface area (Å²) in [6.45, 7) is 19.6. The van der Waals surface area contributed by atoms with Crippen molar-refractivity contribution in [2.45, 2.75) is 145 Å². The van der Waals surface area contributed by atoms with Gasteiger partial charge in [0.15, 0.2) is 0 Å². The lowest BCUT2D eigenvalue weighted by molar-refractivity contribution is -0.155. The molecule has 0 spiro atoms. The first-order valence-electron chi connectivity index (χ1n) is 15.1. The first-order chi connectivity index (χ1) is 16.8. The number of esters is 2.